The minimum absolute atomic E-state index is 0.821. The second kappa shape index (κ2) is 2.34. The van der Waals surface area contributed by atoms with E-state index in [1.165, 1.54) is 0 Å². The van der Waals surface area contributed by atoms with Crippen LogP contribution in [0.25, 0.3) is 6.08 Å². The SMILES string of the molecule is Cn1cnc2c1=CCC=CN=2. The predicted molar refractivity (Wildman–Crippen MR) is 42.2 cm³/mol. The van der Waals surface area contributed by atoms with E-state index >= 15 is 0 Å². The molecule has 0 unspecified atom stereocenters. The smallest absolute Gasteiger partial charge is 0.177 e. The average Bonchev–Trinajstić information content (AvgIpc) is 2.25. The van der Waals surface area contributed by atoms with Gasteiger partial charge in [-0.2, -0.15) is 0 Å². The molecule has 0 N–H and O–H groups in total. The number of aromatic nitrogens is 2. The van der Waals surface area contributed by atoms with Crippen molar-refractivity contribution < 1.29 is 0 Å². The second-order valence-electron chi connectivity index (χ2n) is 2.52. The second-order valence-corrected chi connectivity index (χ2v) is 2.52. The lowest BCUT2D eigenvalue weighted by Gasteiger charge is -1.85. The third-order valence-electron chi connectivity index (χ3n) is 1.71. The van der Waals surface area contributed by atoms with Crippen molar-refractivity contribution in [2.75, 3.05) is 0 Å². The van der Waals surface area contributed by atoms with Crippen LogP contribution in [0, 0.1) is 0 Å². The van der Waals surface area contributed by atoms with Gasteiger partial charge in [-0.25, -0.2) is 9.98 Å². The van der Waals surface area contributed by atoms with Crippen molar-refractivity contribution in [2.45, 2.75) is 6.42 Å². The molecular weight excluding hydrogens is 138 g/mol. The third kappa shape index (κ3) is 0.981. The van der Waals surface area contributed by atoms with Crippen molar-refractivity contribution in [3.63, 3.8) is 0 Å². The molecule has 0 radical (unpaired) electrons. The van der Waals surface area contributed by atoms with Gasteiger partial charge < -0.3 is 4.57 Å². The molecule has 56 valence electrons. The van der Waals surface area contributed by atoms with E-state index in [1.807, 2.05) is 17.7 Å². The first-order valence-electron chi connectivity index (χ1n) is 3.58. The van der Waals surface area contributed by atoms with Gasteiger partial charge in [0.15, 0.2) is 5.49 Å². The molecule has 0 spiro atoms. The van der Waals surface area contributed by atoms with Crippen LogP contribution in [0.2, 0.25) is 0 Å². The maximum absolute atomic E-state index is 4.16. The van der Waals surface area contributed by atoms with Crippen molar-refractivity contribution in [3.8, 4) is 0 Å². The summed E-state index contributed by atoms with van der Waals surface area (Å²) in [5.41, 5.74) is 0.821. The standard InChI is InChI=1S/C8H9N3/c1-11-6-10-8-7(11)4-2-3-5-9-8/h3-6H,2H2,1H3. The van der Waals surface area contributed by atoms with E-state index in [4.69, 9.17) is 0 Å². The van der Waals surface area contributed by atoms with Crippen LogP contribution in [-0.2, 0) is 7.05 Å². The first-order chi connectivity index (χ1) is 5.38. The summed E-state index contributed by atoms with van der Waals surface area (Å²) in [6, 6.07) is 0. The number of fused-ring (bicyclic) bond motifs is 1. The Morgan fingerprint density at radius 1 is 1.55 bits per heavy atom. The number of allylic oxidation sites excluding steroid dienone is 1. The summed E-state index contributed by atoms with van der Waals surface area (Å²) in [4.78, 5) is 8.29. The van der Waals surface area contributed by atoms with Gasteiger partial charge in [0.05, 0.1) is 11.7 Å². The van der Waals surface area contributed by atoms with E-state index in [1.54, 1.807) is 12.5 Å². The Hall–Kier alpha value is -1.38. The molecule has 2 heterocycles. The maximum Gasteiger partial charge on any atom is 0.177 e. The lowest BCUT2D eigenvalue weighted by molar-refractivity contribution is 0.877. The van der Waals surface area contributed by atoms with Crippen LogP contribution in [0.15, 0.2) is 23.6 Å². The number of hydrogen-bond donors (Lipinski definition) is 0. The van der Waals surface area contributed by atoms with Gasteiger partial charge in [-0.05, 0) is 6.42 Å². The van der Waals surface area contributed by atoms with Crippen molar-refractivity contribution in [2.24, 2.45) is 12.0 Å². The fraction of sp³-hybridized carbons (Fsp3) is 0.250. The minimum atomic E-state index is 0.821. The van der Waals surface area contributed by atoms with Crippen molar-refractivity contribution in [3.05, 3.63) is 29.4 Å². The normalized spacial score (nSPS) is 14.6. The van der Waals surface area contributed by atoms with Gasteiger partial charge in [-0.1, -0.05) is 12.2 Å². The highest BCUT2D eigenvalue weighted by molar-refractivity contribution is 5.22. The quantitative estimate of drug-likeness (QED) is 0.497. The lowest BCUT2D eigenvalue weighted by Crippen LogP contribution is -2.28. The monoisotopic (exact) mass is 147 g/mol. The number of hydrogen-bond acceptors (Lipinski definition) is 2. The molecular formula is C8H9N3. The highest BCUT2D eigenvalue weighted by Crippen LogP contribution is 1.86. The fourth-order valence-electron chi connectivity index (χ4n) is 1.13. The van der Waals surface area contributed by atoms with E-state index in [9.17, 15) is 0 Å². The molecule has 1 aliphatic rings. The van der Waals surface area contributed by atoms with Gasteiger partial charge >= 0.3 is 0 Å². The fourth-order valence-corrected chi connectivity index (χ4v) is 1.13. The van der Waals surface area contributed by atoms with Crippen LogP contribution in [-0.4, -0.2) is 9.55 Å². The highest BCUT2D eigenvalue weighted by Gasteiger charge is 1.93. The molecule has 0 amide bonds. The molecule has 1 aromatic heterocycles. The summed E-state index contributed by atoms with van der Waals surface area (Å²) < 4.78 is 1.98. The zero-order valence-electron chi connectivity index (χ0n) is 6.36. The number of nitrogens with zero attached hydrogens (tertiary/aromatic N) is 3. The molecule has 1 aliphatic heterocycles. The zero-order valence-corrected chi connectivity index (χ0v) is 6.36. The van der Waals surface area contributed by atoms with Gasteiger partial charge in [0, 0.05) is 13.2 Å². The van der Waals surface area contributed by atoms with Gasteiger partial charge in [0.25, 0.3) is 0 Å². The van der Waals surface area contributed by atoms with Crippen molar-refractivity contribution in [1.82, 2.24) is 9.55 Å². The molecule has 3 nitrogen and oxygen atoms in total. The summed E-state index contributed by atoms with van der Waals surface area (Å²) in [6.07, 6.45) is 8.66. The van der Waals surface area contributed by atoms with Crippen LogP contribution in [0.3, 0.4) is 0 Å². The molecule has 1 aromatic rings. The van der Waals surface area contributed by atoms with Crippen molar-refractivity contribution in [1.29, 1.82) is 0 Å². The van der Waals surface area contributed by atoms with Crippen LogP contribution in [0.5, 0.6) is 0 Å². The maximum atomic E-state index is 4.16. The molecule has 11 heavy (non-hydrogen) atoms. The van der Waals surface area contributed by atoms with Gasteiger partial charge in [0.1, 0.15) is 0 Å². The summed E-state index contributed by atoms with van der Waals surface area (Å²) >= 11 is 0. The van der Waals surface area contributed by atoms with Crippen LogP contribution in [0.1, 0.15) is 6.42 Å². The Morgan fingerprint density at radius 3 is 3.36 bits per heavy atom. The summed E-state index contributed by atoms with van der Waals surface area (Å²) in [7, 11) is 1.98. The van der Waals surface area contributed by atoms with E-state index in [0.29, 0.717) is 0 Å². The van der Waals surface area contributed by atoms with E-state index < -0.39 is 0 Å². The third-order valence-corrected chi connectivity index (χ3v) is 1.71. The molecule has 0 fully saturated rings. The van der Waals surface area contributed by atoms with Crippen LogP contribution >= 0.6 is 0 Å². The topological polar surface area (TPSA) is 30.2 Å². The first-order valence-corrected chi connectivity index (χ1v) is 3.58. The average molecular weight is 147 g/mol. The number of imidazole rings is 1. The molecule has 2 rings (SSSR count). The summed E-state index contributed by atoms with van der Waals surface area (Å²) in [6.45, 7) is 0. The molecule has 0 saturated heterocycles. The van der Waals surface area contributed by atoms with E-state index in [0.717, 1.165) is 17.3 Å². The van der Waals surface area contributed by atoms with E-state index in [-0.39, 0.29) is 0 Å². The largest absolute Gasteiger partial charge is 0.333 e. The molecule has 3 heteroatoms. The van der Waals surface area contributed by atoms with Gasteiger partial charge in [-0.3, -0.25) is 0 Å². The predicted octanol–water partition coefficient (Wildman–Crippen LogP) is -0.262. The molecule has 0 atom stereocenters. The lowest BCUT2D eigenvalue weighted by atomic mass is 10.4. The molecule has 0 aliphatic carbocycles. The Morgan fingerprint density at radius 2 is 2.45 bits per heavy atom. The Balaban J connectivity index is 2.84. The van der Waals surface area contributed by atoms with Gasteiger partial charge in [-0.15, -0.1) is 0 Å². The molecule has 0 bridgehead atoms. The zero-order chi connectivity index (χ0) is 7.68. The van der Waals surface area contributed by atoms with Gasteiger partial charge in [0.2, 0.25) is 0 Å². The van der Waals surface area contributed by atoms with E-state index in [2.05, 4.69) is 16.1 Å². The Bertz CT molecular complexity index is 397. The first kappa shape index (κ1) is 6.34. The Kier molecular flexibility index (Phi) is 1.35. The Labute approximate surface area is 64.4 Å². The molecule has 0 saturated carbocycles. The number of rotatable bonds is 0. The number of aryl methyl sites for hydroxylation is 1. The summed E-state index contributed by atoms with van der Waals surface area (Å²) in [5, 5.41) is 1.11. The minimum Gasteiger partial charge on any atom is -0.333 e. The molecule has 0 aromatic carbocycles. The highest BCUT2D eigenvalue weighted by atomic mass is 15.0. The van der Waals surface area contributed by atoms with Crippen molar-refractivity contribution >= 4 is 6.08 Å². The summed E-state index contributed by atoms with van der Waals surface area (Å²) in [5.74, 6) is 0. The van der Waals surface area contributed by atoms with Crippen LogP contribution < -0.4 is 10.8 Å². The van der Waals surface area contributed by atoms with Crippen LogP contribution in [0.4, 0.5) is 0 Å².